The molecule has 1 aromatic heterocycles. The summed E-state index contributed by atoms with van der Waals surface area (Å²) in [6, 6.07) is 22.4. The normalized spacial score (nSPS) is 9.79. The highest BCUT2D eigenvalue weighted by atomic mass is 16.2. The molecule has 3 aromatic rings. The molecule has 0 unspecified atom stereocenters. The topological polar surface area (TPSA) is 71.1 Å². The highest BCUT2D eigenvalue weighted by Crippen LogP contribution is 2.10. The van der Waals surface area contributed by atoms with Crippen LogP contribution < -0.4 is 10.6 Å². The number of nitrogens with one attached hydrogen (secondary N) is 2. The van der Waals surface area contributed by atoms with Crippen molar-refractivity contribution >= 4 is 17.5 Å². The summed E-state index contributed by atoms with van der Waals surface area (Å²) in [6.45, 7) is 0.288. The van der Waals surface area contributed by atoms with Gasteiger partial charge in [0.25, 0.3) is 0 Å². The predicted molar refractivity (Wildman–Crippen MR) is 113 cm³/mol. The molecule has 0 radical (unpaired) electrons. The average Bonchev–Trinajstić information content (AvgIpc) is 2.74. The van der Waals surface area contributed by atoms with E-state index in [0.717, 1.165) is 11.1 Å². The minimum absolute atomic E-state index is 0.101. The third-order valence-electron chi connectivity index (χ3n) is 4.03. The van der Waals surface area contributed by atoms with Gasteiger partial charge in [0.05, 0.1) is 6.42 Å². The Kier molecular flexibility index (Phi) is 7.14. The largest absolute Gasteiger partial charge is 0.355 e. The van der Waals surface area contributed by atoms with Crippen molar-refractivity contribution in [3.63, 3.8) is 0 Å². The van der Waals surface area contributed by atoms with Crippen LogP contribution in [0, 0.1) is 11.8 Å². The third-order valence-corrected chi connectivity index (χ3v) is 4.03. The standard InChI is InChI=1S/C24H21N3O2/c28-23(14-16-26-24(29)18-19-7-2-1-3-8-19)27-22-11-6-9-20(17-22)12-13-21-10-4-5-15-25-21/h1-11,15,17H,14,16,18H2,(H,26,29)(H,27,28). The molecule has 0 fully saturated rings. The molecule has 5 nitrogen and oxygen atoms in total. The first-order valence-electron chi connectivity index (χ1n) is 9.32. The molecule has 0 bridgehead atoms. The molecule has 1 heterocycles. The molecule has 0 aliphatic heterocycles. The zero-order valence-electron chi connectivity index (χ0n) is 15.9. The van der Waals surface area contributed by atoms with Crippen LogP contribution in [0.25, 0.3) is 0 Å². The van der Waals surface area contributed by atoms with Crippen molar-refractivity contribution in [3.05, 3.63) is 95.8 Å². The molecule has 0 aliphatic rings. The zero-order valence-corrected chi connectivity index (χ0v) is 15.9. The van der Waals surface area contributed by atoms with Crippen LogP contribution in [-0.4, -0.2) is 23.3 Å². The molecule has 2 N–H and O–H groups in total. The Morgan fingerprint density at radius 3 is 2.48 bits per heavy atom. The molecule has 0 atom stereocenters. The summed E-state index contributed by atoms with van der Waals surface area (Å²) in [5.74, 6) is 5.75. The van der Waals surface area contributed by atoms with Crippen LogP contribution in [0.4, 0.5) is 5.69 Å². The van der Waals surface area contributed by atoms with E-state index in [2.05, 4.69) is 27.5 Å². The molecule has 5 heteroatoms. The van der Waals surface area contributed by atoms with Crippen LogP contribution in [0.15, 0.2) is 79.0 Å². The van der Waals surface area contributed by atoms with Gasteiger partial charge in [-0.2, -0.15) is 0 Å². The fraction of sp³-hybridized carbons (Fsp3) is 0.125. The van der Waals surface area contributed by atoms with Crippen LogP contribution in [0.1, 0.15) is 23.2 Å². The summed E-state index contributed by atoms with van der Waals surface area (Å²) >= 11 is 0. The van der Waals surface area contributed by atoms with E-state index in [0.29, 0.717) is 17.8 Å². The van der Waals surface area contributed by atoms with Gasteiger partial charge in [0, 0.05) is 30.4 Å². The Balaban J connectivity index is 1.46. The minimum Gasteiger partial charge on any atom is -0.355 e. The van der Waals surface area contributed by atoms with Gasteiger partial charge in [-0.1, -0.05) is 48.4 Å². The average molecular weight is 383 g/mol. The van der Waals surface area contributed by atoms with Crippen molar-refractivity contribution < 1.29 is 9.59 Å². The second kappa shape index (κ2) is 10.4. The molecule has 144 valence electrons. The van der Waals surface area contributed by atoms with Gasteiger partial charge < -0.3 is 10.6 Å². The fourth-order valence-corrected chi connectivity index (χ4v) is 2.63. The Morgan fingerprint density at radius 2 is 1.69 bits per heavy atom. The molecule has 2 amide bonds. The van der Waals surface area contributed by atoms with Gasteiger partial charge in [-0.3, -0.25) is 9.59 Å². The lowest BCUT2D eigenvalue weighted by atomic mass is 10.1. The number of hydrogen-bond acceptors (Lipinski definition) is 3. The van der Waals surface area contributed by atoms with Gasteiger partial charge >= 0.3 is 0 Å². The van der Waals surface area contributed by atoms with Crippen molar-refractivity contribution in [1.29, 1.82) is 0 Å². The lowest BCUT2D eigenvalue weighted by molar-refractivity contribution is -0.120. The molecule has 0 saturated carbocycles. The van der Waals surface area contributed by atoms with Crippen LogP contribution >= 0.6 is 0 Å². The van der Waals surface area contributed by atoms with Gasteiger partial charge in [0.2, 0.25) is 11.8 Å². The van der Waals surface area contributed by atoms with Crippen molar-refractivity contribution in [2.75, 3.05) is 11.9 Å². The van der Waals surface area contributed by atoms with E-state index in [1.807, 2.05) is 66.7 Å². The fourth-order valence-electron chi connectivity index (χ4n) is 2.63. The molecular weight excluding hydrogens is 362 g/mol. The van der Waals surface area contributed by atoms with E-state index in [-0.39, 0.29) is 24.8 Å². The summed E-state index contributed by atoms with van der Waals surface area (Å²) in [5, 5.41) is 5.60. The maximum absolute atomic E-state index is 12.1. The van der Waals surface area contributed by atoms with Crippen molar-refractivity contribution in [1.82, 2.24) is 10.3 Å². The molecule has 0 saturated heterocycles. The number of carbonyl (C=O) groups is 2. The van der Waals surface area contributed by atoms with Gasteiger partial charge in [-0.05, 0) is 41.8 Å². The summed E-state index contributed by atoms with van der Waals surface area (Å²) in [7, 11) is 0. The molecule has 3 rings (SSSR count). The SMILES string of the molecule is O=C(Cc1ccccc1)NCCC(=O)Nc1cccc(C#Cc2ccccn2)c1. The van der Waals surface area contributed by atoms with Crippen LogP contribution in [-0.2, 0) is 16.0 Å². The second-order valence-corrected chi connectivity index (χ2v) is 6.36. The number of benzene rings is 2. The summed E-state index contributed by atoms with van der Waals surface area (Å²) in [4.78, 5) is 28.2. The summed E-state index contributed by atoms with van der Waals surface area (Å²) in [6.07, 6.45) is 2.20. The lowest BCUT2D eigenvalue weighted by Gasteiger charge is -2.07. The monoisotopic (exact) mass is 383 g/mol. The van der Waals surface area contributed by atoms with Crippen molar-refractivity contribution in [3.8, 4) is 11.8 Å². The van der Waals surface area contributed by atoms with Gasteiger partial charge in [-0.25, -0.2) is 4.98 Å². The van der Waals surface area contributed by atoms with Gasteiger partial charge in [0.1, 0.15) is 5.69 Å². The Morgan fingerprint density at radius 1 is 0.862 bits per heavy atom. The minimum atomic E-state index is -0.167. The lowest BCUT2D eigenvalue weighted by Crippen LogP contribution is -2.28. The van der Waals surface area contributed by atoms with Gasteiger partial charge in [-0.15, -0.1) is 0 Å². The smallest absolute Gasteiger partial charge is 0.226 e. The Bertz CT molecular complexity index is 1020. The van der Waals surface area contributed by atoms with Gasteiger partial charge in [0.15, 0.2) is 0 Å². The number of rotatable bonds is 6. The number of nitrogens with zero attached hydrogens (tertiary/aromatic N) is 1. The highest BCUT2D eigenvalue weighted by molar-refractivity contribution is 5.91. The first kappa shape index (κ1) is 19.8. The highest BCUT2D eigenvalue weighted by Gasteiger charge is 2.06. The quantitative estimate of drug-likeness (QED) is 0.643. The van der Waals surface area contributed by atoms with Crippen LogP contribution in [0.2, 0.25) is 0 Å². The summed E-state index contributed by atoms with van der Waals surface area (Å²) < 4.78 is 0. The maximum atomic E-state index is 12.1. The predicted octanol–water partition coefficient (Wildman–Crippen LogP) is 3.17. The van der Waals surface area contributed by atoms with E-state index in [4.69, 9.17) is 0 Å². The Hall–Kier alpha value is -3.91. The number of anilines is 1. The first-order valence-corrected chi connectivity index (χ1v) is 9.32. The van der Waals surface area contributed by atoms with E-state index >= 15 is 0 Å². The van der Waals surface area contributed by atoms with Crippen molar-refractivity contribution in [2.24, 2.45) is 0 Å². The maximum Gasteiger partial charge on any atom is 0.226 e. The summed E-state index contributed by atoms with van der Waals surface area (Å²) in [5.41, 5.74) is 3.08. The van der Waals surface area contributed by atoms with E-state index in [1.54, 1.807) is 12.3 Å². The van der Waals surface area contributed by atoms with Crippen LogP contribution in [0.5, 0.6) is 0 Å². The van der Waals surface area contributed by atoms with Crippen molar-refractivity contribution in [2.45, 2.75) is 12.8 Å². The van der Waals surface area contributed by atoms with E-state index in [9.17, 15) is 9.59 Å². The number of hydrogen-bond donors (Lipinski definition) is 2. The number of pyridine rings is 1. The molecular formula is C24H21N3O2. The van der Waals surface area contributed by atoms with E-state index in [1.165, 1.54) is 0 Å². The van der Waals surface area contributed by atoms with Crippen LogP contribution in [0.3, 0.4) is 0 Å². The first-order chi connectivity index (χ1) is 14.2. The number of amides is 2. The zero-order chi connectivity index (χ0) is 20.3. The molecule has 0 spiro atoms. The number of aromatic nitrogens is 1. The third kappa shape index (κ3) is 6.96. The molecule has 29 heavy (non-hydrogen) atoms. The Labute approximate surface area is 170 Å². The molecule has 2 aromatic carbocycles. The number of carbonyl (C=O) groups excluding carboxylic acids is 2. The molecule has 0 aliphatic carbocycles. The van der Waals surface area contributed by atoms with E-state index < -0.39 is 0 Å². The second-order valence-electron chi connectivity index (χ2n) is 6.36.